The molecule has 3 rings (SSSR count). The Morgan fingerprint density at radius 3 is 2.35 bits per heavy atom. The van der Waals surface area contributed by atoms with Gasteiger partial charge in [-0.1, -0.05) is 60.3 Å². The van der Waals surface area contributed by atoms with Crippen molar-refractivity contribution in [3.05, 3.63) is 63.6 Å². The van der Waals surface area contributed by atoms with E-state index < -0.39 is 16.1 Å². The molecule has 2 aromatic rings. The number of carbonyl (C=O) groups excluding carboxylic acids is 2. The lowest BCUT2D eigenvalue weighted by Crippen LogP contribution is -2.49. The predicted octanol–water partition coefficient (Wildman–Crippen LogP) is 5.32. The Morgan fingerprint density at radius 2 is 1.70 bits per heavy atom. The minimum atomic E-state index is -3.60. The molecule has 7 nitrogen and oxygen atoms in total. The second-order valence-corrected chi connectivity index (χ2v) is 12.3. The molecule has 0 aliphatic heterocycles. The molecule has 0 saturated heterocycles. The zero-order valence-electron chi connectivity index (χ0n) is 21.5. The van der Waals surface area contributed by atoms with Crippen LogP contribution < -0.4 is 9.62 Å². The van der Waals surface area contributed by atoms with Gasteiger partial charge >= 0.3 is 0 Å². The van der Waals surface area contributed by atoms with Crippen LogP contribution in [0.4, 0.5) is 5.69 Å². The zero-order chi connectivity index (χ0) is 27.2. The quantitative estimate of drug-likeness (QED) is 0.398. The maximum absolute atomic E-state index is 13.4. The summed E-state index contributed by atoms with van der Waals surface area (Å²) in [6.07, 6.45) is 5.54. The van der Waals surface area contributed by atoms with Gasteiger partial charge in [0.15, 0.2) is 0 Å². The number of carbonyl (C=O) groups is 2. The third kappa shape index (κ3) is 7.85. The highest BCUT2D eigenvalue weighted by Gasteiger charge is 2.29. The molecule has 2 aromatic carbocycles. The number of anilines is 1. The Labute approximate surface area is 230 Å². The molecule has 0 radical (unpaired) electrons. The number of hydrogen-bond acceptors (Lipinski definition) is 4. The summed E-state index contributed by atoms with van der Waals surface area (Å²) >= 11 is 12.6. The topological polar surface area (TPSA) is 86.8 Å². The Morgan fingerprint density at radius 1 is 1.05 bits per heavy atom. The van der Waals surface area contributed by atoms with Crippen molar-refractivity contribution in [2.45, 2.75) is 71.0 Å². The molecule has 1 atom stereocenters. The summed E-state index contributed by atoms with van der Waals surface area (Å²) < 4.78 is 26.4. The van der Waals surface area contributed by atoms with Crippen LogP contribution in [0, 0.1) is 6.92 Å². The van der Waals surface area contributed by atoms with Gasteiger partial charge in [0.1, 0.15) is 6.04 Å². The maximum Gasteiger partial charge on any atom is 0.242 e. The fourth-order valence-electron chi connectivity index (χ4n) is 4.63. The molecule has 1 N–H and O–H groups in total. The van der Waals surface area contributed by atoms with Crippen molar-refractivity contribution in [1.82, 2.24) is 10.2 Å². The monoisotopic (exact) mass is 567 g/mol. The van der Waals surface area contributed by atoms with Crippen LogP contribution in [0.25, 0.3) is 0 Å². The molecule has 0 heterocycles. The van der Waals surface area contributed by atoms with E-state index in [4.69, 9.17) is 23.2 Å². The zero-order valence-corrected chi connectivity index (χ0v) is 23.9. The van der Waals surface area contributed by atoms with Gasteiger partial charge in [-0.05, 0) is 62.4 Å². The molecular weight excluding hydrogens is 533 g/mol. The molecule has 0 aromatic heterocycles. The van der Waals surface area contributed by atoms with Gasteiger partial charge in [0.05, 0.1) is 11.9 Å². The molecule has 37 heavy (non-hydrogen) atoms. The van der Waals surface area contributed by atoms with E-state index in [1.165, 1.54) is 9.21 Å². The van der Waals surface area contributed by atoms with Gasteiger partial charge in [-0.3, -0.25) is 13.9 Å². The van der Waals surface area contributed by atoms with Gasteiger partial charge < -0.3 is 10.2 Å². The van der Waals surface area contributed by atoms with Crippen LogP contribution in [-0.4, -0.2) is 50.0 Å². The second kappa shape index (κ2) is 13.0. The molecule has 1 saturated carbocycles. The van der Waals surface area contributed by atoms with E-state index >= 15 is 0 Å². The fourth-order valence-corrected chi connectivity index (χ4v) is 6.01. The van der Waals surface area contributed by atoms with Crippen molar-refractivity contribution in [2.24, 2.45) is 0 Å². The molecule has 10 heteroatoms. The number of halogens is 2. The first kappa shape index (κ1) is 29.3. The van der Waals surface area contributed by atoms with Crippen LogP contribution in [0.15, 0.2) is 42.5 Å². The Hall–Kier alpha value is -2.29. The van der Waals surface area contributed by atoms with E-state index in [2.05, 4.69) is 5.32 Å². The minimum Gasteiger partial charge on any atom is -0.352 e. The number of amides is 2. The lowest BCUT2D eigenvalue weighted by molar-refractivity contribution is -0.140. The van der Waals surface area contributed by atoms with Crippen LogP contribution in [0.2, 0.25) is 10.0 Å². The smallest absolute Gasteiger partial charge is 0.242 e. The van der Waals surface area contributed by atoms with Gasteiger partial charge in [0, 0.05) is 35.6 Å². The first-order valence-corrected chi connectivity index (χ1v) is 15.2. The van der Waals surface area contributed by atoms with Crippen molar-refractivity contribution in [2.75, 3.05) is 17.1 Å². The van der Waals surface area contributed by atoms with Crippen LogP contribution in [0.3, 0.4) is 0 Å². The summed E-state index contributed by atoms with van der Waals surface area (Å²) in [6.45, 7) is 3.77. The van der Waals surface area contributed by atoms with Gasteiger partial charge in [-0.2, -0.15) is 0 Å². The SMILES string of the molecule is Cc1c(Cl)cccc1N(CCCC(=O)N(Cc1ccccc1Cl)[C@H](C)C(=O)NC1CCCC1)S(C)(=O)=O. The van der Waals surface area contributed by atoms with Crippen LogP contribution in [0.5, 0.6) is 0 Å². The summed E-state index contributed by atoms with van der Waals surface area (Å²) in [7, 11) is -3.60. The lowest BCUT2D eigenvalue weighted by atomic mass is 10.1. The van der Waals surface area contributed by atoms with E-state index in [-0.39, 0.29) is 43.8 Å². The predicted molar refractivity (Wildman–Crippen MR) is 149 cm³/mol. The average molecular weight is 569 g/mol. The van der Waals surface area contributed by atoms with Gasteiger partial charge in [-0.15, -0.1) is 0 Å². The average Bonchev–Trinajstić information content (AvgIpc) is 3.35. The molecular formula is C27H35Cl2N3O4S. The highest BCUT2D eigenvalue weighted by Crippen LogP contribution is 2.29. The summed E-state index contributed by atoms with van der Waals surface area (Å²) in [4.78, 5) is 28.0. The molecule has 1 aliphatic rings. The first-order valence-electron chi connectivity index (χ1n) is 12.5. The second-order valence-electron chi connectivity index (χ2n) is 9.60. The number of nitrogens with zero attached hydrogens (tertiary/aromatic N) is 2. The van der Waals surface area contributed by atoms with Crippen molar-refractivity contribution in [3.63, 3.8) is 0 Å². The van der Waals surface area contributed by atoms with E-state index in [1.807, 2.05) is 18.2 Å². The van der Waals surface area contributed by atoms with E-state index in [0.29, 0.717) is 21.3 Å². The molecule has 0 unspecified atom stereocenters. The van der Waals surface area contributed by atoms with Crippen molar-refractivity contribution in [1.29, 1.82) is 0 Å². The van der Waals surface area contributed by atoms with Crippen molar-refractivity contribution >= 4 is 50.7 Å². The maximum atomic E-state index is 13.4. The van der Waals surface area contributed by atoms with Gasteiger partial charge in [0.2, 0.25) is 21.8 Å². The normalized spacial score (nSPS) is 14.8. The summed E-state index contributed by atoms with van der Waals surface area (Å²) in [6, 6.07) is 11.8. The summed E-state index contributed by atoms with van der Waals surface area (Å²) in [5.74, 6) is -0.440. The largest absolute Gasteiger partial charge is 0.352 e. The number of rotatable bonds is 11. The summed E-state index contributed by atoms with van der Waals surface area (Å²) in [5, 5.41) is 4.06. The molecule has 2 amide bonds. The van der Waals surface area contributed by atoms with Crippen molar-refractivity contribution < 1.29 is 18.0 Å². The molecule has 0 bridgehead atoms. The van der Waals surface area contributed by atoms with Crippen LogP contribution >= 0.6 is 23.2 Å². The van der Waals surface area contributed by atoms with Crippen LogP contribution in [-0.2, 0) is 26.2 Å². The van der Waals surface area contributed by atoms with Gasteiger partial charge in [0.25, 0.3) is 0 Å². The molecule has 1 aliphatic carbocycles. The third-order valence-corrected chi connectivity index (χ3v) is 8.79. The Balaban J connectivity index is 1.75. The molecule has 1 fully saturated rings. The van der Waals surface area contributed by atoms with E-state index in [9.17, 15) is 18.0 Å². The lowest BCUT2D eigenvalue weighted by Gasteiger charge is -2.30. The Kier molecular flexibility index (Phi) is 10.3. The Bertz CT molecular complexity index is 1220. The highest BCUT2D eigenvalue weighted by molar-refractivity contribution is 7.92. The fraction of sp³-hybridized carbons (Fsp3) is 0.481. The number of benzene rings is 2. The van der Waals surface area contributed by atoms with Gasteiger partial charge in [-0.25, -0.2) is 8.42 Å². The van der Waals surface area contributed by atoms with E-state index in [0.717, 1.165) is 37.5 Å². The number of sulfonamides is 1. The van der Waals surface area contributed by atoms with Crippen molar-refractivity contribution in [3.8, 4) is 0 Å². The molecule has 0 spiro atoms. The molecule has 202 valence electrons. The van der Waals surface area contributed by atoms with E-state index in [1.54, 1.807) is 38.1 Å². The number of hydrogen-bond donors (Lipinski definition) is 1. The summed E-state index contributed by atoms with van der Waals surface area (Å²) in [5.41, 5.74) is 1.88. The minimum absolute atomic E-state index is 0.0666. The van der Waals surface area contributed by atoms with Crippen LogP contribution in [0.1, 0.15) is 56.6 Å². The standard InChI is InChI=1S/C27H35Cl2N3O4S/c1-19-23(28)14-8-15-25(19)32(37(3,35)36)17-9-16-26(33)31(18-21-10-4-7-13-24(21)29)20(2)27(34)30-22-11-5-6-12-22/h4,7-8,10,13-15,20,22H,5-6,9,11-12,16-18H2,1-3H3,(H,30,34)/t20-/m1/s1. The first-order chi connectivity index (χ1) is 17.5. The third-order valence-electron chi connectivity index (χ3n) is 6.83. The highest BCUT2D eigenvalue weighted by atomic mass is 35.5. The number of nitrogens with one attached hydrogen (secondary N) is 1.